The van der Waals surface area contributed by atoms with E-state index in [0.29, 0.717) is 18.0 Å². The van der Waals surface area contributed by atoms with Crippen molar-refractivity contribution in [2.24, 2.45) is 17.6 Å². The molecule has 2 fully saturated rings. The third kappa shape index (κ3) is 2.56. The second-order valence-corrected chi connectivity index (χ2v) is 5.33. The molecule has 3 heteroatoms. The summed E-state index contributed by atoms with van der Waals surface area (Å²) in [6.45, 7) is 0.793. The van der Waals surface area contributed by atoms with Crippen LogP contribution in [0.4, 0.5) is 0 Å². The molecule has 0 aromatic carbocycles. The quantitative estimate of drug-likeness (QED) is 0.763. The molecule has 0 saturated heterocycles. The highest BCUT2D eigenvalue weighted by Crippen LogP contribution is 2.29. The van der Waals surface area contributed by atoms with Gasteiger partial charge >= 0.3 is 0 Å². The van der Waals surface area contributed by atoms with Crippen LogP contribution in [-0.4, -0.2) is 18.6 Å². The smallest absolute Gasteiger partial charge is 0.0672 e. The molecule has 0 bridgehead atoms. The van der Waals surface area contributed by atoms with Gasteiger partial charge in [-0.3, -0.25) is 0 Å². The lowest BCUT2D eigenvalue weighted by Crippen LogP contribution is -2.47. The van der Waals surface area contributed by atoms with Crippen LogP contribution in [0.2, 0.25) is 0 Å². The fourth-order valence-corrected chi connectivity index (χ4v) is 3.30. The van der Waals surface area contributed by atoms with Crippen molar-refractivity contribution in [3.8, 4) is 6.07 Å². The summed E-state index contributed by atoms with van der Waals surface area (Å²) in [6, 6.07) is 3.44. The first-order chi connectivity index (χ1) is 7.85. The van der Waals surface area contributed by atoms with Crippen LogP contribution in [0.1, 0.15) is 44.9 Å². The Labute approximate surface area is 98.4 Å². The monoisotopic (exact) mass is 221 g/mol. The first-order valence-corrected chi connectivity index (χ1v) is 6.71. The Balaban J connectivity index is 1.89. The zero-order valence-electron chi connectivity index (χ0n) is 9.99. The fraction of sp³-hybridized carbons (Fsp3) is 0.923. The van der Waals surface area contributed by atoms with Crippen LogP contribution in [0.15, 0.2) is 0 Å². The summed E-state index contributed by atoms with van der Waals surface area (Å²) in [7, 11) is 0. The molecule has 90 valence electrons. The lowest BCUT2D eigenvalue weighted by atomic mass is 9.83. The largest absolute Gasteiger partial charge is 0.330 e. The minimum Gasteiger partial charge on any atom is -0.330 e. The molecule has 0 spiro atoms. The van der Waals surface area contributed by atoms with Gasteiger partial charge in [-0.1, -0.05) is 19.3 Å². The molecule has 4 atom stereocenters. The van der Waals surface area contributed by atoms with Crippen molar-refractivity contribution in [2.45, 2.75) is 57.0 Å². The van der Waals surface area contributed by atoms with Gasteiger partial charge in [0.15, 0.2) is 0 Å². The first kappa shape index (κ1) is 11.9. The molecule has 0 aliphatic heterocycles. The summed E-state index contributed by atoms with van der Waals surface area (Å²) in [6.07, 6.45) is 8.61. The van der Waals surface area contributed by atoms with Gasteiger partial charge in [0.25, 0.3) is 0 Å². The maximum absolute atomic E-state index is 9.07. The molecular weight excluding hydrogens is 198 g/mol. The second kappa shape index (κ2) is 5.65. The van der Waals surface area contributed by atoms with Crippen molar-refractivity contribution in [1.82, 2.24) is 5.32 Å². The van der Waals surface area contributed by atoms with Crippen molar-refractivity contribution in [1.29, 1.82) is 5.26 Å². The number of hydrogen-bond donors (Lipinski definition) is 2. The topological polar surface area (TPSA) is 61.8 Å². The van der Waals surface area contributed by atoms with Gasteiger partial charge in [-0.15, -0.1) is 0 Å². The predicted octanol–water partition coefficient (Wildman–Crippen LogP) is 1.79. The predicted molar refractivity (Wildman–Crippen MR) is 64.7 cm³/mol. The molecule has 0 heterocycles. The van der Waals surface area contributed by atoms with Crippen molar-refractivity contribution in [3.05, 3.63) is 0 Å². The minimum absolute atomic E-state index is 0.236. The molecule has 4 unspecified atom stereocenters. The molecule has 16 heavy (non-hydrogen) atoms. The molecular formula is C13H23N3. The van der Waals surface area contributed by atoms with E-state index in [4.69, 9.17) is 11.0 Å². The Kier molecular flexibility index (Phi) is 4.20. The number of hydrogen-bond acceptors (Lipinski definition) is 3. The summed E-state index contributed by atoms with van der Waals surface area (Å²) < 4.78 is 0. The van der Waals surface area contributed by atoms with Crippen LogP contribution in [0, 0.1) is 23.2 Å². The Hall–Kier alpha value is -0.590. The highest BCUT2D eigenvalue weighted by molar-refractivity contribution is 4.98. The molecule has 2 saturated carbocycles. The third-order valence-electron chi connectivity index (χ3n) is 4.32. The van der Waals surface area contributed by atoms with Crippen molar-refractivity contribution in [2.75, 3.05) is 6.54 Å². The molecule has 2 aliphatic carbocycles. The van der Waals surface area contributed by atoms with E-state index in [1.807, 2.05) is 0 Å². The Bertz CT molecular complexity index is 258. The zero-order chi connectivity index (χ0) is 11.4. The number of nitrogens with two attached hydrogens (primary N) is 1. The van der Waals surface area contributed by atoms with Gasteiger partial charge in [-0.25, -0.2) is 0 Å². The SMILES string of the molecule is N#CC1CCCC1NC1CCCCC1CN. The minimum atomic E-state index is 0.236. The average molecular weight is 221 g/mol. The third-order valence-corrected chi connectivity index (χ3v) is 4.32. The maximum Gasteiger partial charge on any atom is 0.0672 e. The van der Waals surface area contributed by atoms with Crippen LogP contribution >= 0.6 is 0 Å². The van der Waals surface area contributed by atoms with E-state index < -0.39 is 0 Å². The van der Waals surface area contributed by atoms with Crippen LogP contribution in [0.25, 0.3) is 0 Å². The summed E-state index contributed by atoms with van der Waals surface area (Å²) in [5.41, 5.74) is 5.83. The van der Waals surface area contributed by atoms with E-state index in [9.17, 15) is 0 Å². The molecule has 0 aromatic rings. The van der Waals surface area contributed by atoms with Crippen molar-refractivity contribution >= 4 is 0 Å². The van der Waals surface area contributed by atoms with Gasteiger partial charge in [0, 0.05) is 12.1 Å². The van der Waals surface area contributed by atoms with E-state index >= 15 is 0 Å². The summed E-state index contributed by atoms with van der Waals surface area (Å²) in [5, 5.41) is 12.8. The number of rotatable bonds is 3. The van der Waals surface area contributed by atoms with E-state index in [2.05, 4.69) is 11.4 Å². The van der Waals surface area contributed by atoms with Gasteiger partial charge in [-0.2, -0.15) is 5.26 Å². The van der Waals surface area contributed by atoms with Gasteiger partial charge in [0.1, 0.15) is 0 Å². The molecule has 3 N–H and O–H groups in total. The van der Waals surface area contributed by atoms with Gasteiger partial charge in [0.05, 0.1) is 12.0 Å². The molecule has 0 aromatic heterocycles. The van der Waals surface area contributed by atoms with Gasteiger partial charge < -0.3 is 11.1 Å². The first-order valence-electron chi connectivity index (χ1n) is 6.71. The molecule has 2 aliphatic rings. The summed E-state index contributed by atoms with van der Waals surface area (Å²) in [5.74, 6) is 0.869. The molecule has 0 amide bonds. The highest BCUT2D eigenvalue weighted by atomic mass is 15.0. The highest BCUT2D eigenvalue weighted by Gasteiger charge is 2.32. The van der Waals surface area contributed by atoms with Crippen LogP contribution in [-0.2, 0) is 0 Å². The zero-order valence-corrected chi connectivity index (χ0v) is 9.99. The Morgan fingerprint density at radius 1 is 1.06 bits per heavy atom. The van der Waals surface area contributed by atoms with E-state index in [-0.39, 0.29) is 5.92 Å². The Morgan fingerprint density at radius 3 is 2.56 bits per heavy atom. The molecule has 2 rings (SSSR count). The van der Waals surface area contributed by atoms with Gasteiger partial charge in [0.2, 0.25) is 0 Å². The second-order valence-electron chi connectivity index (χ2n) is 5.33. The van der Waals surface area contributed by atoms with Gasteiger partial charge in [-0.05, 0) is 38.1 Å². The lowest BCUT2D eigenvalue weighted by molar-refractivity contribution is 0.239. The Morgan fingerprint density at radius 2 is 1.81 bits per heavy atom. The average Bonchev–Trinajstić information content (AvgIpc) is 2.77. The van der Waals surface area contributed by atoms with Crippen LogP contribution < -0.4 is 11.1 Å². The maximum atomic E-state index is 9.07. The summed E-state index contributed by atoms with van der Waals surface area (Å²) >= 11 is 0. The normalized spacial score (nSPS) is 39.5. The van der Waals surface area contributed by atoms with E-state index in [0.717, 1.165) is 13.0 Å². The van der Waals surface area contributed by atoms with Crippen molar-refractivity contribution < 1.29 is 0 Å². The fourth-order valence-electron chi connectivity index (χ4n) is 3.30. The van der Waals surface area contributed by atoms with E-state index in [1.165, 1.54) is 38.5 Å². The lowest BCUT2D eigenvalue weighted by Gasteiger charge is -2.34. The van der Waals surface area contributed by atoms with Crippen LogP contribution in [0.5, 0.6) is 0 Å². The standard InChI is InChI=1S/C13H23N3/c14-8-10-4-1-2-6-12(10)16-13-7-3-5-11(13)9-15/h10-13,16H,1-8,14H2. The molecule has 3 nitrogen and oxygen atoms in total. The number of nitrogens with one attached hydrogen (secondary N) is 1. The van der Waals surface area contributed by atoms with Crippen LogP contribution in [0.3, 0.4) is 0 Å². The number of nitriles is 1. The van der Waals surface area contributed by atoms with Crippen molar-refractivity contribution in [3.63, 3.8) is 0 Å². The summed E-state index contributed by atoms with van der Waals surface area (Å²) in [4.78, 5) is 0. The molecule has 0 radical (unpaired) electrons. The number of nitrogens with zero attached hydrogens (tertiary/aromatic N) is 1. The van der Waals surface area contributed by atoms with E-state index in [1.54, 1.807) is 0 Å².